The summed E-state index contributed by atoms with van der Waals surface area (Å²) < 4.78 is 17.8. The van der Waals surface area contributed by atoms with Crippen LogP contribution in [0.2, 0.25) is 0 Å². The summed E-state index contributed by atoms with van der Waals surface area (Å²) in [5.41, 5.74) is 0.572. The maximum atomic E-state index is 13.0. The molecule has 0 aliphatic rings. The molecule has 0 aliphatic carbocycles. The van der Waals surface area contributed by atoms with Gasteiger partial charge in [-0.05, 0) is 19.1 Å². The van der Waals surface area contributed by atoms with Crippen molar-refractivity contribution < 1.29 is 8.91 Å². The molecule has 0 unspecified atom stereocenters. The van der Waals surface area contributed by atoms with E-state index in [4.69, 9.17) is 4.52 Å². The quantitative estimate of drug-likeness (QED) is 0.623. The summed E-state index contributed by atoms with van der Waals surface area (Å²) in [6, 6.07) is 4.72. The number of halogens is 1. The van der Waals surface area contributed by atoms with Gasteiger partial charge >= 0.3 is 0 Å². The van der Waals surface area contributed by atoms with Crippen LogP contribution in [0.15, 0.2) is 22.7 Å². The van der Waals surface area contributed by atoms with Crippen LogP contribution in [0.1, 0.15) is 19.6 Å². The molecule has 0 radical (unpaired) electrons. The molecule has 13 heavy (non-hydrogen) atoms. The van der Waals surface area contributed by atoms with E-state index >= 15 is 0 Å². The predicted octanol–water partition coefficient (Wildman–Crippen LogP) is 3.30. The highest BCUT2D eigenvalue weighted by Gasteiger charge is 2.07. The monoisotopic (exact) mass is 181 g/mol. The van der Waals surface area contributed by atoms with Gasteiger partial charge in [-0.15, -0.1) is 0 Å². The minimum absolute atomic E-state index is 0.277. The number of aromatic nitrogens is 1. The van der Waals surface area contributed by atoms with Crippen LogP contribution >= 0.6 is 0 Å². The van der Waals surface area contributed by atoms with Crippen LogP contribution < -0.4 is 0 Å². The Bertz CT molecular complexity index is 395. The number of rotatable bonds is 0. The van der Waals surface area contributed by atoms with Gasteiger partial charge in [-0.25, -0.2) is 4.39 Å². The lowest BCUT2D eigenvalue weighted by Crippen LogP contribution is -1.75. The van der Waals surface area contributed by atoms with E-state index in [1.54, 1.807) is 19.1 Å². The first-order chi connectivity index (χ1) is 6.29. The van der Waals surface area contributed by atoms with Crippen LogP contribution in [0.5, 0.6) is 0 Å². The minimum atomic E-state index is -0.277. The smallest absolute Gasteiger partial charge is 0.144 e. The third-order valence-electron chi connectivity index (χ3n) is 1.62. The normalized spacial score (nSPS) is 9.54. The SMILES string of the molecule is CC.Cc1onc2cccc(F)c12. The van der Waals surface area contributed by atoms with Gasteiger partial charge in [0.2, 0.25) is 0 Å². The molecule has 0 bridgehead atoms. The van der Waals surface area contributed by atoms with Crippen LogP contribution in [-0.2, 0) is 0 Å². The number of hydrogen-bond acceptors (Lipinski definition) is 2. The predicted molar refractivity (Wildman–Crippen MR) is 50.1 cm³/mol. The third-order valence-corrected chi connectivity index (χ3v) is 1.62. The molecule has 0 atom stereocenters. The summed E-state index contributed by atoms with van der Waals surface area (Å²) >= 11 is 0. The number of benzene rings is 1. The van der Waals surface area contributed by atoms with Crippen molar-refractivity contribution in [3.05, 3.63) is 29.8 Å². The zero-order valence-electron chi connectivity index (χ0n) is 7.97. The van der Waals surface area contributed by atoms with E-state index in [0.717, 1.165) is 0 Å². The summed E-state index contributed by atoms with van der Waals surface area (Å²) in [6.45, 7) is 5.69. The third kappa shape index (κ3) is 1.69. The number of fused-ring (bicyclic) bond motifs is 1. The van der Waals surface area contributed by atoms with Gasteiger partial charge in [0, 0.05) is 0 Å². The van der Waals surface area contributed by atoms with E-state index < -0.39 is 0 Å². The van der Waals surface area contributed by atoms with Gasteiger partial charge < -0.3 is 4.52 Å². The lowest BCUT2D eigenvalue weighted by atomic mass is 10.2. The fourth-order valence-electron chi connectivity index (χ4n) is 1.10. The maximum absolute atomic E-state index is 13.0. The fourth-order valence-corrected chi connectivity index (χ4v) is 1.10. The molecule has 0 aliphatic heterocycles. The Balaban J connectivity index is 0.000000396. The van der Waals surface area contributed by atoms with Crippen molar-refractivity contribution >= 4 is 10.9 Å². The van der Waals surface area contributed by atoms with E-state index in [1.165, 1.54) is 6.07 Å². The summed E-state index contributed by atoms with van der Waals surface area (Å²) in [6.07, 6.45) is 0. The topological polar surface area (TPSA) is 26.0 Å². The van der Waals surface area contributed by atoms with Crippen LogP contribution in [0.3, 0.4) is 0 Å². The first-order valence-corrected chi connectivity index (χ1v) is 4.29. The van der Waals surface area contributed by atoms with Crippen molar-refractivity contribution in [1.82, 2.24) is 5.16 Å². The Kier molecular flexibility index (Phi) is 3.01. The van der Waals surface area contributed by atoms with Gasteiger partial charge in [-0.1, -0.05) is 25.1 Å². The Hall–Kier alpha value is -1.38. The van der Waals surface area contributed by atoms with Crippen LogP contribution in [-0.4, -0.2) is 5.16 Å². The van der Waals surface area contributed by atoms with Crippen molar-refractivity contribution in [2.24, 2.45) is 0 Å². The van der Waals surface area contributed by atoms with Gasteiger partial charge in [0.1, 0.15) is 17.1 Å². The lowest BCUT2D eigenvalue weighted by molar-refractivity contribution is 0.405. The maximum Gasteiger partial charge on any atom is 0.144 e. The number of hydrogen-bond donors (Lipinski definition) is 0. The lowest BCUT2D eigenvalue weighted by Gasteiger charge is -1.87. The van der Waals surface area contributed by atoms with Crippen molar-refractivity contribution in [2.45, 2.75) is 20.8 Å². The Morgan fingerprint density at radius 2 is 2.00 bits per heavy atom. The average molecular weight is 181 g/mol. The molecule has 0 saturated carbocycles. The molecule has 0 saturated heterocycles. The second-order valence-electron chi connectivity index (χ2n) is 2.37. The van der Waals surface area contributed by atoms with Gasteiger partial charge in [0.25, 0.3) is 0 Å². The van der Waals surface area contributed by atoms with E-state index in [1.807, 2.05) is 13.8 Å². The minimum Gasteiger partial charge on any atom is -0.360 e. The van der Waals surface area contributed by atoms with Gasteiger partial charge in [0.05, 0.1) is 5.39 Å². The van der Waals surface area contributed by atoms with E-state index in [2.05, 4.69) is 5.16 Å². The first-order valence-electron chi connectivity index (χ1n) is 4.29. The van der Waals surface area contributed by atoms with Crippen LogP contribution in [0.25, 0.3) is 10.9 Å². The molecule has 1 aromatic carbocycles. The van der Waals surface area contributed by atoms with Crippen molar-refractivity contribution in [1.29, 1.82) is 0 Å². The molecule has 3 heteroatoms. The first kappa shape index (κ1) is 9.71. The fraction of sp³-hybridized carbons (Fsp3) is 0.300. The van der Waals surface area contributed by atoms with E-state index in [0.29, 0.717) is 16.7 Å². The molecule has 2 aromatic rings. The zero-order chi connectivity index (χ0) is 9.84. The molecule has 0 spiro atoms. The molecule has 2 nitrogen and oxygen atoms in total. The van der Waals surface area contributed by atoms with Crippen molar-refractivity contribution in [3.63, 3.8) is 0 Å². The van der Waals surface area contributed by atoms with Gasteiger partial charge in [-0.2, -0.15) is 0 Å². The summed E-state index contributed by atoms with van der Waals surface area (Å²) in [5.74, 6) is 0.249. The highest BCUT2D eigenvalue weighted by molar-refractivity contribution is 5.80. The molecule has 1 heterocycles. The highest BCUT2D eigenvalue weighted by atomic mass is 19.1. The molecule has 2 rings (SSSR count). The highest BCUT2D eigenvalue weighted by Crippen LogP contribution is 2.19. The van der Waals surface area contributed by atoms with E-state index in [-0.39, 0.29) is 5.82 Å². The zero-order valence-corrected chi connectivity index (χ0v) is 7.97. The standard InChI is InChI=1S/C8H6FNO.C2H6/c1-5-8-6(9)3-2-4-7(8)10-11-5;1-2/h2-4H,1H3;1-2H3. The Morgan fingerprint density at radius 3 is 2.62 bits per heavy atom. The summed E-state index contributed by atoms with van der Waals surface area (Å²) in [4.78, 5) is 0. The van der Waals surface area contributed by atoms with Gasteiger partial charge in [0.15, 0.2) is 0 Å². The van der Waals surface area contributed by atoms with E-state index in [9.17, 15) is 4.39 Å². The summed E-state index contributed by atoms with van der Waals surface area (Å²) in [7, 11) is 0. The molecule has 0 amide bonds. The molecule has 70 valence electrons. The largest absolute Gasteiger partial charge is 0.360 e. The number of aryl methyl sites for hydroxylation is 1. The Morgan fingerprint density at radius 1 is 1.31 bits per heavy atom. The molecule has 0 fully saturated rings. The average Bonchev–Trinajstić information content (AvgIpc) is 2.53. The van der Waals surface area contributed by atoms with Crippen molar-refractivity contribution in [2.75, 3.05) is 0 Å². The van der Waals surface area contributed by atoms with Crippen LogP contribution in [0.4, 0.5) is 4.39 Å². The van der Waals surface area contributed by atoms with Gasteiger partial charge in [-0.3, -0.25) is 0 Å². The number of nitrogens with zero attached hydrogens (tertiary/aromatic N) is 1. The molecular weight excluding hydrogens is 169 g/mol. The molecule has 1 aromatic heterocycles. The Labute approximate surface area is 76.3 Å². The molecule has 0 N–H and O–H groups in total. The van der Waals surface area contributed by atoms with Crippen molar-refractivity contribution in [3.8, 4) is 0 Å². The summed E-state index contributed by atoms with van der Waals surface area (Å²) in [5, 5.41) is 4.14. The molecular formula is C10H12FNO. The second kappa shape index (κ2) is 4.03. The van der Waals surface area contributed by atoms with Crippen LogP contribution in [0, 0.1) is 12.7 Å². The second-order valence-corrected chi connectivity index (χ2v) is 2.37.